The Labute approximate surface area is 120 Å². The van der Waals surface area contributed by atoms with Crippen LogP contribution in [-0.2, 0) is 9.59 Å². The largest absolute Gasteiger partial charge is 0.480 e. The Kier molecular flexibility index (Phi) is 5.96. The minimum atomic E-state index is -0.888. The Bertz CT molecular complexity index is 405. The molecule has 0 radical (unpaired) electrons. The van der Waals surface area contributed by atoms with E-state index in [1.54, 1.807) is 11.9 Å². The summed E-state index contributed by atoms with van der Waals surface area (Å²) in [4.78, 5) is 27.0. The minimum Gasteiger partial charge on any atom is -0.480 e. The van der Waals surface area contributed by atoms with Crippen molar-refractivity contribution in [3.63, 3.8) is 0 Å². The molecule has 1 amide bonds. The first-order chi connectivity index (χ1) is 9.47. The smallest absolute Gasteiger partial charge is 0.324 e. The van der Waals surface area contributed by atoms with E-state index in [1.807, 2.05) is 13.0 Å². The third-order valence-corrected chi connectivity index (χ3v) is 4.00. The molecule has 1 heterocycles. The molecule has 0 aliphatic carbocycles. The summed E-state index contributed by atoms with van der Waals surface area (Å²) in [5, 5.41) is 18.1. The highest BCUT2D eigenvalue weighted by atomic mass is 16.4. The summed E-state index contributed by atoms with van der Waals surface area (Å²) in [5.74, 6) is -0.951. The minimum absolute atomic E-state index is 0.119. The van der Waals surface area contributed by atoms with Crippen molar-refractivity contribution < 1.29 is 14.7 Å². The molecule has 0 aromatic carbocycles. The van der Waals surface area contributed by atoms with E-state index in [0.717, 1.165) is 12.8 Å². The molecule has 1 rings (SSSR count). The van der Waals surface area contributed by atoms with Crippen molar-refractivity contribution >= 4 is 11.9 Å². The lowest BCUT2D eigenvalue weighted by Crippen LogP contribution is -2.53. The van der Waals surface area contributed by atoms with Crippen LogP contribution in [0.3, 0.4) is 0 Å². The predicted octanol–water partition coefficient (Wildman–Crippen LogP) is 1.08. The highest BCUT2D eigenvalue weighted by Gasteiger charge is 2.47. The standard InChI is InChI=1S/C14H23N3O3/c1-3-6-14(13(19)20)7-4-10-17(14)11-12(18)16(2)9-5-8-15/h3-7,9-11H2,1-2H3,(H,19,20). The lowest BCUT2D eigenvalue weighted by Gasteiger charge is -2.35. The van der Waals surface area contributed by atoms with Crippen LogP contribution >= 0.6 is 0 Å². The number of hydrogen-bond acceptors (Lipinski definition) is 4. The fourth-order valence-corrected chi connectivity index (χ4v) is 2.84. The SMILES string of the molecule is CCCC1(C(=O)O)CCCN1CC(=O)N(C)CCC#N. The van der Waals surface area contributed by atoms with Gasteiger partial charge >= 0.3 is 5.97 Å². The topological polar surface area (TPSA) is 84.6 Å². The zero-order valence-corrected chi connectivity index (χ0v) is 12.3. The van der Waals surface area contributed by atoms with Crippen LogP contribution in [0.4, 0.5) is 0 Å². The van der Waals surface area contributed by atoms with Crippen LogP contribution in [0.1, 0.15) is 39.0 Å². The fraction of sp³-hybridized carbons (Fsp3) is 0.786. The first kappa shape index (κ1) is 16.4. The van der Waals surface area contributed by atoms with E-state index in [-0.39, 0.29) is 12.5 Å². The van der Waals surface area contributed by atoms with Gasteiger partial charge in [0.2, 0.25) is 5.91 Å². The second kappa shape index (κ2) is 7.25. The predicted molar refractivity (Wildman–Crippen MR) is 73.9 cm³/mol. The normalized spacial score (nSPS) is 22.4. The van der Waals surface area contributed by atoms with Crippen molar-refractivity contribution in [3.05, 3.63) is 0 Å². The molecule has 6 nitrogen and oxygen atoms in total. The molecule has 0 aromatic heterocycles. The molecule has 1 N–H and O–H groups in total. The number of carbonyl (C=O) groups excluding carboxylic acids is 1. The van der Waals surface area contributed by atoms with Gasteiger partial charge in [0.25, 0.3) is 0 Å². The first-order valence-electron chi connectivity index (χ1n) is 7.07. The lowest BCUT2D eigenvalue weighted by molar-refractivity contribution is -0.151. The monoisotopic (exact) mass is 281 g/mol. The van der Waals surface area contributed by atoms with Crippen LogP contribution in [0, 0.1) is 11.3 Å². The zero-order chi connectivity index (χ0) is 15.2. The Hall–Kier alpha value is -1.61. The molecular weight excluding hydrogens is 258 g/mol. The molecule has 6 heteroatoms. The van der Waals surface area contributed by atoms with Gasteiger partial charge in [-0.25, -0.2) is 0 Å². The summed E-state index contributed by atoms with van der Waals surface area (Å²) in [6.45, 7) is 3.11. The van der Waals surface area contributed by atoms with Gasteiger partial charge in [0.1, 0.15) is 5.54 Å². The highest BCUT2D eigenvalue weighted by Crippen LogP contribution is 2.33. The van der Waals surface area contributed by atoms with Crippen molar-refractivity contribution in [1.82, 2.24) is 9.80 Å². The maximum absolute atomic E-state index is 12.1. The molecule has 0 spiro atoms. The average Bonchev–Trinajstić information content (AvgIpc) is 2.80. The van der Waals surface area contributed by atoms with Crippen molar-refractivity contribution in [2.75, 3.05) is 26.7 Å². The second-order valence-corrected chi connectivity index (χ2v) is 5.34. The number of nitrogens with zero attached hydrogens (tertiary/aromatic N) is 3. The van der Waals surface area contributed by atoms with E-state index in [2.05, 4.69) is 0 Å². The number of carboxylic acid groups (broad SMARTS) is 1. The summed E-state index contributed by atoms with van der Waals surface area (Å²) >= 11 is 0. The number of likely N-dealkylation sites (tertiary alicyclic amines) is 1. The van der Waals surface area contributed by atoms with Crippen LogP contribution in [0.15, 0.2) is 0 Å². The average molecular weight is 281 g/mol. The molecule has 1 aliphatic heterocycles. The Morgan fingerprint density at radius 3 is 2.75 bits per heavy atom. The molecule has 1 fully saturated rings. The number of rotatable bonds is 7. The number of carboxylic acids is 1. The molecule has 0 saturated carbocycles. The van der Waals surface area contributed by atoms with Crippen molar-refractivity contribution in [2.24, 2.45) is 0 Å². The Morgan fingerprint density at radius 2 is 2.20 bits per heavy atom. The van der Waals surface area contributed by atoms with Gasteiger partial charge in [-0.15, -0.1) is 0 Å². The van der Waals surface area contributed by atoms with Gasteiger partial charge in [-0.05, 0) is 25.8 Å². The van der Waals surface area contributed by atoms with Gasteiger partial charge in [-0.3, -0.25) is 14.5 Å². The summed E-state index contributed by atoms with van der Waals surface area (Å²) in [7, 11) is 1.65. The van der Waals surface area contributed by atoms with Crippen LogP contribution in [-0.4, -0.2) is 59.0 Å². The van der Waals surface area contributed by atoms with E-state index in [4.69, 9.17) is 5.26 Å². The maximum atomic E-state index is 12.1. The van der Waals surface area contributed by atoms with Crippen LogP contribution < -0.4 is 0 Å². The summed E-state index contributed by atoms with van der Waals surface area (Å²) in [6.07, 6.45) is 3.05. The first-order valence-corrected chi connectivity index (χ1v) is 7.07. The second-order valence-electron chi connectivity index (χ2n) is 5.34. The van der Waals surface area contributed by atoms with E-state index in [0.29, 0.717) is 32.4 Å². The third-order valence-electron chi connectivity index (χ3n) is 4.00. The number of nitriles is 1. The molecule has 1 aliphatic rings. The summed E-state index contributed by atoms with van der Waals surface area (Å²) < 4.78 is 0. The van der Waals surface area contributed by atoms with E-state index < -0.39 is 11.5 Å². The van der Waals surface area contributed by atoms with Crippen LogP contribution in [0.25, 0.3) is 0 Å². The number of likely N-dealkylation sites (N-methyl/N-ethyl adjacent to an activating group) is 1. The zero-order valence-electron chi connectivity index (χ0n) is 12.3. The Balaban J connectivity index is 2.72. The molecule has 1 unspecified atom stereocenters. The molecule has 1 atom stereocenters. The molecular formula is C14H23N3O3. The number of aliphatic carboxylic acids is 1. The highest BCUT2D eigenvalue weighted by molar-refractivity contribution is 5.82. The van der Waals surface area contributed by atoms with Crippen LogP contribution in [0.5, 0.6) is 0 Å². The molecule has 1 saturated heterocycles. The maximum Gasteiger partial charge on any atom is 0.324 e. The van der Waals surface area contributed by atoms with Gasteiger partial charge in [-0.2, -0.15) is 5.26 Å². The van der Waals surface area contributed by atoms with Gasteiger partial charge in [0.15, 0.2) is 0 Å². The van der Waals surface area contributed by atoms with Gasteiger partial charge in [0.05, 0.1) is 19.0 Å². The Morgan fingerprint density at radius 1 is 1.50 bits per heavy atom. The molecule has 20 heavy (non-hydrogen) atoms. The van der Waals surface area contributed by atoms with E-state index in [9.17, 15) is 14.7 Å². The number of carbonyl (C=O) groups is 2. The fourth-order valence-electron chi connectivity index (χ4n) is 2.84. The quantitative estimate of drug-likeness (QED) is 0.754. The van der Waals surface area contributed by atoms with Crippen molar-refractivity contribution in [2.45, 2.75) is 44.6 Å². The molecule has 0 bridgehead atoms. The van der Waals surface area contributed by atoms with Gasteiger partial charge < -0.3 is 10.0 Å². The third kappa shape index (κ3) is 3.48. The van der Waals surface area contributed by atoms with Crippen molar-refractivity contribution in [1.29, 1.82) is 5.26 Å². The number of amides is 1. The molecule has 0 aromatic rings. The van der Waals surface area contributed by atoms with E-state index in [1.165, 1.54) is 4.90 Å². The molecule has 112 valence electrons. The summed E-state index contributed by atoms with van der Waals surface area (Å²) in [6, 6.07) is 2.00. The van der Waals surface area contributed by atoms with Crippen LogP contribution in [0.2, 0.25) is 0 Å². The lowest BCUT2D eigenvalue weighted by atomic mass is 9.90. The van der Waals surface area contributed by atoms with Gasteiger partial charge in [-0.1, -0.05) is 13.3 Å². The number of hydrogen-bond donors (Lipinski definition) is 1. The summed E-state index contributed by atoms with van der Waals surface area (Å²) in [5.41, 5.74) is -0.888. The van der Waals surface area contributed by atoms with Crippen molar-refractivity contribution in [3.8, 4) is 6.07 Å². The van der Waals surface area contributed by atoms with E-state index >= 15 is 0 Å². The van der Waals surface area contributed by atoms with Gasteiger partial charge in [0, 0.05) is 13.6 Å².